The van der Waals surface area contributed by atoms with E-state index in [0.717, 1.165) is 24.3 Å². The summed E-state index contributed by atoms with van der Waals surface area (Å²) in [6.45, 7) is 3.49. The molecule has 2 aromatic carbocycles. The Bertz CT molecular complexity index is 629. The molecule has 0 unspecified atom stereocenters. The molecule has 0 saturated carbocycles. The Morgan fingerprint density at radius 1 is 0.950 bits per heavy atom. The van der Waals surface area contributed by atoms with Crippen molar-refractivity contribution in [2.75, 3.05) is 6.61 Å². The molecule has 0 spiro atoms. The highest BCUT2D eigenvalue weighted by molar-refractivity contribution is 5.66. The molecular weight excluding hydrogens is 272 g/mol. The van der Waals surface area contributed by atoms with Gasteiger partial charge >= 0.3 is 0 Å². The van der Waals surface area contributed by atoms with Crippen molar-refractivity contribution in [3.05, 3.63) is 66.3 Å². The summed E-state index contributed by atoms with van der Waals surface area (Å²) in [5.41, 5.74) is -0.912. The number of rotatable bonds is 4. The molecule has 0 bridgehead atoms. The molecular formula is C15H10F4O. The summed E-state index contributed by atoms with van der Waals surface area (Å²) in [5.74, 6) is -3.88. The van der Waals surface area contributed by atoms with Gasteiger partial charge in [0.25, 0.3) is 0 Å². The summed E-state index contributed by atoms with van der Waals surface area (Å²) in [6, 6.07) is 4.35. The molecule has 0 saturated heterocycles. The second-order valence-corrected chi connectivity index (χ2v) is 3.99. The van der Waals surface area contributed by atoms with Crippen LogP contribution in [-0.2, 0) is 0 Å². The molecule has 0 heterocycles. The zero-order valence-electron chi connectivity index (χ0n) is 10.3. The number of ether oxygens (including phenoxy) is 1. The standard InChI is InChI=1S/C15H10F4O/c1-2-5-20-10-7-13(18)15(14(19)8-10)11-4-3-9(16)6-12(11)17/h2-4,6-8H,1,5H2. The van der Waals surface area contributed by atoms with Crippen molar-refractivity contribution in [3.63, 3.8) is 0 Å². The first-order valence-corrected chi connectivity index (χ1v) is 5.71. The SMILES string of the molecule is C=CCOc1cc(F)c(-c2ccc(F)cc2F)c(F)c1. The number of hydrogen-bond acceptors (Lipinski definition) is 1. The van der Waals surface area contributed by atoms with E-state index in [-0.39, 0.29) is 17.9 Å². The van der Waals surface area contributed by atoms with Crippen molar-refractivity contribution < 1.29 is 22.3 Å². The Labute approximate surface area is 113 Å². The van der Waals surface area contributed by atoms with Gasteiger partial charge < -0.3 is 4.74 Å². The molecule has 0 fully saturated rings. The lowest BCUT2D eigenvalue weighted by molar-refractivity contribution is 0.358. The maximum absolute atomic E-state index is 13.9. The minimum atomic E-state index is -1.04. The molecule has 0 radical (unpaired) electrons. The van der Waals surface area contributed by atoms with Crippen molar-refractivity contribution in [2.45, 2.75) is 0 Å². The summed E-state index contributed by atoms with van der Waals surface area (Å²) >= 11 is 0. The van der Waals surface area contributed by atoms with E-state index < -0.39 is 28.8 Å². The van der Waals surface area contributed by atoms with Crippen molar-refractivity contribution >= 4 is 0 Å². The topological polar surface area (TPSA) is 9.23 Å². The van der Waals surface area contributed by atoms with E-state index in [2.05, 4.69) is 6.58 Å². The van der Waals surface area contributed by atoms with Crippen molar-refractivity contribution in [2.24, 2.45) is 0 Å². The fourth-order valence-electron chi connectivity index (χ4n) is 1.74. The summed E-state index contributed by atoms with van der Waals surface area (Å²) in [4.78, 5) is 0. The first-order valence-electron chi connectivity index (χ1n) is 5.71. The molecule has 0 N–H and O–H groups in total. The molecule has 2 rings (SSSR count). The average molecular weight is 282 g/mol. The molecule has 0 aliphatic rings. The van der Waals surface area contributed by atoms with Crippen molar-refractivity contribution in [3.8, 4) is 16.9 Å². The van der Waals surface area contributed by atoms with Crippen LogP contribution in [0.25, 0.3) is 11.1 Å². The van der Waals surface area contributed by atoms with Crippen LogP contribution < -0.4 is 4.74 Å². The lowest BCUT2D eigenvalue weighted by Crippen LogP contribution is -1.98. The Balaban J connectivity index is 2.49. The second-order valence-electron chi connectivity index (χ2n) is 3.99. The van der Waals surface area contributed by atoms with Crippen molar-refractivity contribution in [1.82, 2.24) is 0 Å². The number of benzene rings is 2. The van der Waals surface area contributed by atoms with Crippen LogP contribution in [0.5, 0.6) is 5.75 Å². The smallest absolute Gasteiger partial charge is 0.137 e. The molecule has 0 aliphatic carbocycles. The van der Waals surface area contributed by atoms with Gasteiger partial charge in [-0.15, -0.1) is 0 Å². The third kappa shape index (κ3) is 2.82. The molecule has 0 aromatic heterocycles. The van der Waals surface area contributed by atoms with E-state index >= 15 is 0 Å². The highest BCUT2D eigenvalue weighted by Gasteiger charge is 2.17. The first-order chi connectivity index (χ1) is 9.52. The summed E-state index contributed by atoms with van der Waals surface area (Å²) < 4.78 is 59.2. The van der Waals surface area contributed by atoms with Crippen LogP contribution >= 0.6 is 0 Å². The minimum Gasteiger partial charge on any atom is -0.489 e. The molecule has 1 nitrogen and oxygen atoms in total. The van der Waals surface area contributed by atoms with Gasteiger partial charge in [-0.2, -0.15) is 0 Å². The summed E-state index contributed by atoms with van der Waals surface area (Å²) in [5, 5.41) is 0. The summed E-state index contributed by atoms with van der Waals surface area (Å²) in [6.07, 6.45) is 1.42. The molecule has 0 aliphatic heterocycles. The number of hydrogen-bond donors (Lipinski definition) is 0. The lowest BCUT2D eigenvalue weighted by Gasteiger charge is -2.10. The van der Waals surface area contributed by atoms with Gasteiger partial charge in [0, 0.05) is 23.8 Å². The molecule has 0 amide bonds. The van der Waals surface area contributed by atoms with E-state index in [9.17, 15) is 17.6 Å². The van der Waals surface area contributed by atoms with Gasteiger partial charge in [0.15, 0.2) is 0 Å². The Kier molecular flexibility index (Phi) is 4.08. The second kappa shape index (κ2) is 5.77. The zero-order valence-corrected chi connectivity index (χ0v) is 10.3. The molecule has 20 heavy (non-hydrogen) atoms. The van der Waals surface area contributed by atoms with Crippen LogP contribution in [0, 0.1) is 23.3 Å². The third-order valence-corrected chi connectivity index (χ3v) is 2.58. The maximum atomic E-state index is 13.9. The van der Waals surface area contributed by atoms with Gasteiger partial charge in [-0.1, -0.05) is 12.7 Å². The highest BCUT2D eigenvalue weighted by Crippen LogP contribution is 2.31. The molecule has 0 atom stereocenters. The maximum Gasteiger partial charge on any atom is 0.137 e. The van der Waals surface area contributed by atoms with Gasteiger partial charge in [-0.25, -0.2) is 17.6 Å². The fraction of sp³-hybridized carbons (Fsp3) is 0.0667. The highest BCUT2D eigenvalue weighted by atomic mass is 19.1. The predicted molar refractivity (Wildman–Crippen MR) is 67.4 cm³/mol. The third-order valence-electron chi connectivity index (χ3n) is 2.58. The average Bonchev–Trinajstić information content (AvgIpc) is 2.38. The Morgan fingerprint density at radius 2 is 1.60 bits per heavy atom. The quantitative estimate of drug-likeness (QED) is 0.593. The summed E-state index contributed by atoms with van der Waals surface area (Å²) in [7, 11) is 0. The minimum absolute atomic E-state index is 0.0360. The van der Waals surface area contributed by atoms with Gasteiger partial charge in [0.2, 0.25) is 0 Å². The van der Waals surface area contributed by atoms with Crippen molar-refractivity contribution in [1.29, 1.82) is 0 Å². The largest absolute Gasteiger partial charge is 0.489 e. The molecule has 5 heteroatoms. The van der Waals surface area contributed by atoms with E-state index in [4.69, 9.17) is 4.74 Å². The molecule has 2 aromatic rings. The fourth-order valence-corrected chi connectivity index (χ4v) is 1.74. The van der Waals surface area contributed by atoms with Crippen LogP contribution in [-0.4, -0.2) is 6.61 Å². The van der Waals surface area contributed by atoms with Crippen LogP contribution in [0.3, 0.4) is 0 Å². The number of halogens is 4. The lowest BCUT2D eigenvalue weighted by atomic mass is 10.0. The monoisotopic (exact) mass is 282 g/mol. The van der Waals surface area contributed by atoms with Gasteiger partial charge in [0.1, 0.15) is 35.6 Å². The van der Waals surface area contributed by atoms with Crippen LogP contribution in [0.2, 0.25) is 0 Å². The van der Waals surface area contributed by atoms with Gasteiger partial charge in [0.05, 0.1) is 5.56 Å². The Hall–Kier alpha value is -2.30. The molecule has 104 valence electrons. The normalized spacial score (nSPS) is 10.4. The van der Waals surface area contributed by atoms with E-state index in [0.29, 0.717) is 6.07 Å². The van der Waals surface area contributed by atoms with Crippen LogP contribution in [0.1, 0.15) is 0 Å². The Morgan fingerprint density at radius 3 is 2.15 bits per heavy atom. The van der Waals surface area contributed by atoms with E-state index in [1.54, 1.807) is 0 Å². The van der Waals surface area contributed by atoms with E-state index in [1.165, 1.54) is 6.08 Å². The first kappa shape index (κ1) is 14.1. The van der Waals surface area contributed by atoms with Gasteiger partial charge in [-0.05, 0) is 12.1 Å². The van der Waals surface area contributed by atoms with E-state index in [1.807, 2.05) is 0 Å². The van der Waals surface area contributed by atoms with Crippen LogP contribution in [0.15, 0.2) is 43.0 Å². The van der Waals surface area contributed by atoms with Gasteiger partial charge in [-0.3, -0.25) is 0 Å². The zero-order chi connectivity index (χ0) is 14.7. The predicted octanol–water partition coefficient (Wildman–Crippen LogP) is 4.47. The van der Waals surface area contributed by atoms with Crippen LogP contribution in [0.4, 0.5) is 17.6 Å².